The van der Waals surface area contributed by atoms with E-state index in [1.54, 1.807) is 25.3 Å². The minimum absolute atomic E-state index is 0. The molecule has 6 nitrogen and oxygen atoms in total. The van der Waals surface area contributed by atoms with Crippen LogP contribution in [0.3, 0.4) is 0 Å². The molecule has 3 rings (SSSR count). The summed E-state index contributed by atoms with van der Waals surface area (Å²) < 4.78 is 5.50. The lowest BCUT2D eigenvalue weighted by Gasteiger charge is -2.37. The average molecular weight is 419 g/mol. The van der Waals surface area contributed by atoms with E-state index < -0.39 is 0 Å². The number of likely N-dealkylation sites (N-methyl/N-ethyl adjacent to an activating group) is 1. The summed E-state index contributed by atoms with van der Waals surface area (Å²) in [6.45, 7) is 2.86. The molecule has 1 atom stereocenters. The van der Waals surface area contributed by atoms with E-state index in [0.29, 0.717) is 6.54 Å². The van der Waals surface area contributed by atoms with Crippen molar-refractivity contribution in [2.75, 3.05) is 45.2 Å². The van der Waals surface area contributed by atoms with E-state index >= 15 is 0 Å². The van der Waals surface area contributed by atoms with Gasteiger partial charge >= 0.3 is 0 Å². The third-order valence-electron chi connectivity index (χ3n) is 4.27. The van der Waals surface area contributed by atoms with Crippen molar-refractivity contribution in [3.8, 4) is 5.75 Å². The number of rotatable bonds is 5. The van der Waals surface area contributed by atoms with Crippen molar-refractivity contribution in [1.82, 2.24) is 15.2 Å². The van der Waals surface area contributed by atoms with Crippen molar-refractivity contribution in [2.24, 2.45) is 0 Å². The molecule has 9 heteroatoms. The minimum atomic E-state index is 0. The van der Waals surface area contributed by atoms with Gasteiger partial charge in [0.2, 0.25) is 5.91 Å². The highest BCUT2D eigenvalue weighted by Gasteiger charge is 2.28. The van der Waals surface area contributed by atoms with Crippen molar-refractivity contribution in [1.29, 1.82) is 0 Å². The predicted octanol–water partition coefficient (Wildman–Crippen LogP) is 2.60. The van der Waals surface area contributed by atoms with Crippen LogP contribution in [-0.2, 0) is 4.79 Å². The van der Waals surface area contributed by atoms with Gasteiger partial charge < -0.3 is 10.1 Å². The number of piperazine rings is 1. The van der Waals surface area contributed by atoms with Gasteiger partial charge in [0.25, 0.3) is 0 Å². The Morgan fingerprint density at radius 3 is 2.88 bits per heavy atom. The number of para-hydroxylation sites is 1. The van der Waals surface area contributed by atoms with Gasteiger partial charge in [-0.3, -0.25) is 14.6 Å². The second-order valence-electron chi connectivity index (χ2n) is 5.70. The Hall–Kier alpha value is -1.38. The van der Waals surface area contributed by atoms with Crippen LogP contribution in [0.5, 0.6) is 5.75 Å². The molecule has 0 bridgehead atoms. The highest BCUT2D eigenvalue weighted by Crippen LogP contribution is 2.30. The Morgan fingerprint density at radius 1 is 1.42 bits per heavy atom. The van der Waals surface area contributed by atoms with E-state index in [4.69, 9.17) is 4.74 Å². The Balaban J connectivity index is 0.00000169. The Morgan fingerprint density at radius 2 is 2.19 bits per heavy atom. The number of amides is 1. The summed E-state index contributed by atoms with van der Waals surface area (Å²) >= 11 is 1.47. The number of carbonyl (C=O) groups excluding carboxylic acids is 1. The van der Waals surface area contributed by atoms with Gasteiger partial charge in [0, 0.05) is 43.8 Å². The second kappa shape index (κ2) is 10.7. The largest absolute Gasteiger partial charge is 0.496 e. The number of aromatic nitrogens is 1. The number of ether oxygens (including phenoxy) is 1. The average Bonchev–Trinajstić information content (AvgIpc) is 3.16. The molecule has 2 aromatic rings. The number of thiazole rings is 1. The number of anilines is 1. The molecule has 26 heavy (non-hydrogen) atoms. The van der Waals surface area contributed by atoms with Crippen LogP contribution in [0.2, 0.25) is 0 Å². The number of hydrogen-bond acceptors (Lipinski definition) is 6. The van der Waals surface area contributed by atoms with E-state index in [2.05, 4.69) is 21.3 Å². The zero-order chi connectivity index (χ0) is 16.9. The van der Waals surface area contributed by atoms with Gasteiger partial charge in [-0.1, -0.05) is 18.2 Å². The van der Waals surface area contributed by atoms with Crippen LogP contribution in [0.1, 0.15) is 11.6 Å². The number of nitrogens with zero attached hydrogens (tertiary/aromatic N) is 3. The van der Waals surface area contributed by atoms with E-state index in [1.165, 1.54) is 11.3 Å². The number of methoxy groups -OCH3 is 1. The number of nitrogens with one attached hydrogen (secondary N) is 1. The molecule has 1 fully saturated rings. The lowest BCUT2D eigenvalue weighted by molar-refractivity contribution is -0.120. The lowest BCUT2D eigenvalue weighted by atomic mass is 10.0. The number of benzene rings is 1. The summed E-state index contributed by atoms with van der Waals surface area (Å²) in [6.07, 6.45) is 1.71. The Kier molecular flexibility index (Phi) is 9.32. The maximum atomic E-state index is 12.6. The van der Waals surface area contributed by atoms with Crippen molar-refractivity contribution in [3.05, 3.63) is 41.4 Å². The first-order valence-electron chi connectivity index (χ1n) is 7.94. The number of halogens is 2. The lowest BCUT2D eigenvalue weighted by Crippen LogP contribution is -2.49. The van der Waals surface area contributed by atoms with Crippen LogP contribution >= 0.6 is 36.2 Å². The fraction of sp³-hybridized carbons (Fsp3) is 0.412. The molecular formula is C17H24Cl2N4O2S. The molecular weight excluding hydrogens is 395 g/mol. The van der Waals surface area contributed by atoms with E-state index in [-0.39, 0.29) is 36.8 Å². The molecule has 0 saturated carbocycles. The van der Waals surface area contributed by atoms with Crippen LogP contribution in [0, 0.1) is 0 Å². The van der Waals surface area contributed by atoms with Gasteiger partial charge in [-0.2, -0.15) is 0 Å². The van der Waals surface area contributed by atoms with Crippen molar-refractivity contribution in [3.63, 3.8) is 0 Å². The standard InChI is InChI=1S/C17H22N4O2S.2ClH/c1-20(17-19-8-10-24-17)16(22)12-21-9-7-18-11-14(21)13-5-3-4-6-15(13)23-2;;/h3-6,8,10,14,18H,7,9,11-12H2,1-2H3;2*1H. The fourth-order valence-electron chi connectivity index (χ4n) is 2.95. The van der Waals surface area contributed by atoms with Crippen LogP contribution in [0.15, 0.2) is 35.8 Å². The third-order valence-corrected chi connectivity index (χ3v) is 5.12. The molecule has 1 aliphatic rings. The van der Waals surface area contributed by atoms with Gasteiger partial charge in [-0.15, -0.1) is 36.2 Å². The minimum Gasteiger partial charge on any atom is -0.496 e. The first-order valence-corrected chi connectivity index (χ1v) is 8.82. The maximum Gasteiger partial charge on any atom is 0.242 e. The second-order valence-corrected chi connectivity index (χ2v) is 6.57. The molecule has 0 aliphatic carbocycles. The van der Waals surface area contributed by atoms with Gasteiger partial charge in [0.15, 0.2) is 5.13 Å². The SMILES string of the molecule is COc1ccccc1C1CNCCN1CC(=O)N(C)c1nccs1.Cl.Cl. The van der Waals surface area contributed by atoms with Crippen LogP contribution in [0.4, 0.5) is 5.13 Å². The zero-order valence-electron chi connectivity index (χ0n) is 14.8. The molecule has 1 aromatic heterocycles. The zero-order valence-corrected chi connectivity index (χ0v) is 17.2. The van der Waals surface area contributed by atoms with Gasteiger partial charge in [0.1, 0.15) is 5.75 Å². The quantitative estimate of drug-likeness (QED) is 0.808. The molecule has 1 unspecified atom stereocenters. The summed E-state index contributed by atoms with van der Waals surface area (Å²) in [5.41, 5.74) is 1.11. The Bertz CT molecular complexity index is 687. The summed E-state index contributed by atoms with van der Waals surface area (Å²) in [7, 11) is 3.46. The molecule has 1 N–H and O–H groups in total. The number of carbonyl (C=O) groups is 1. The van der Waals surface area contributed by atoms with Crippen LogP contribution in [-0.4, -0.2) is 56.1 Å². The first-order chi connectivity index (χ1) is 11.7. The van der Waals surface area contributed by atoms with E-state index in [9.17, 15) is 4.79 Å². The molecule has 1 aliphatic heterocycles. The molecule has 1 aromatic carbocycles. The molecule has 144 valence electrons. The molecule has 1 saturated heterocycles. The van der Waals surface area contributed by atoms with Gasteiger partial charge in [-0.05, 0) is 6.07 Å². The number of hydrogen-bond donors (Lipinski definition) is 1. The molecule has 2 heterocycles. The summed E-state index contributed by atoms with van der Waals surface area (Å²) in [6, 6.07) is 8.12. The Labute approximate surface area is 170 Å². The highest BCUT2D eigenvalue weighted by molar-refractivity contribution is 7.13. The van der Waals surface area contributed by atoms with Crippen LogP contribution < -0.4 is 15.0 Å². The van der Waals surface area contributed by atoms with Crippen LogP contribution in [0.25, 0.3) is 0 Å². The molecule has 0 spiro atoms. The smallest absolute Gasteiger partial charge is 0.242 e. The fourth-order valence-corrected chi connectivity index (χ4v) is 3.58. The molecule has 0 radical (unpaired) electrons. The third kappa shape index (κ3) is 5.08. The topological polar surface area (TPSA) is 57.7 Å². The predicted molar refractivity (Wildman–Crippen MR) is 110 cm³/mol. The summed E-state index contributed by atoms with van der Waals surface area (Å²) in [4.78, 5) is 20.7. The monoisotopic (exact) mass is 418 g/mol. The first kappa shape index (κ1) is 22.7. The normalized spacial score (nSPS) is 16.9. The van der Waals surface area contributed by atoms with E-state index in [1.807, 2.05) is 23.6 Å². The summed E-state index contributed by atoms with van der Waals surface area (Å²) in [5, 5.41) is 6.01. The van der Waals surface area contributed by atoms with Gasteiger partial charge in [0.05, 0.1) is 19.7 Å². The van der Waals surface area contributed by atoms with Crippen molar-refractivity contribution in [2.45, 2.75) is 6.04 Å². The highest BCUT2D eigenvalue weighted by atomic mass is 35.5. The molecule has 1 amide bonds. The summed E-state index contributed by atoms with van der Waals surface area (Å²) in [5.74, 6) is 0.906. The van der Waals surface area contributed by atoms with Gasteiger partial charge in [-0.25, -0.2) is 4.98 Å². The maximum absolute atomic E-state index is 12.6. The van der Waals surface area contributed by atoms with Crippen molar-refractivity contribution < 1.29 is 9.53 Å². The van der Waals surface area contributed by atoms with E-state index in [0.717, 1.165) is 36.1 Å². The van der Waals surface area contributed by atoms with Crippen molar-refractivity contribution >= 4 is 47.2 Å².